The average molecular weight is 204 g/mol. The Morgan fingerprint density at radius 1 is 1.33 bits per heavy atom. The van der Waals surface area contributed by atoms with Gasteiger partial charge in [-0.2, -0.15) is 0 Å². The van der Waals surface area contributed by atoms with Crippen molar-refractivity contribution in [3.8, 4) is 0 Å². The van der Waals surface area contributed by atoms with Crippen LogP contribution in [0.2, 0.25) is 0 Å². The smallest absolute Gasteiger partial charge is 0.309 e. The molecule has 0 aliphatic heterocycles. The molecular formula is C13H16O2. The second-order valence-electron chi connectivity index (χ2n) is 3.49. The van der Waals surface area contributed by atoms with Crippen LogP contribution in [0.4, 0.5) is 0 Å². The summed E-state index contributed by atoms with van der Waals surface area (Å²) >= 11 is 0. The molecule has 0 aliphatic rings. The van der Waals surface area contributed by atoms with Crippen molar-refractivity contribution in [2.45, 2.75) is 19.8 Å². The van der Waals surface area contributed by atoms with Crippen LogP contribution in [-0.4, -0.2) is 13.1 Å². The van der Waals surface area contributed by atoms with Gasteiger partial charge in [-0.05, 0) is 18.9 Å². The number of benzene rings is 1. The molecule has 0 aliphatic carbocycles. The van der Waals surface area contributed by atoms with Crippen molar-refractivity contribution < 1.29 is 9.53 Å². The molecule has 15 heavy (non-hydrogen) atoms. The summed E-state index contributed by atoms with van der Waals surface area (Å²) in [6.45, 7) is 2.02. The van der Waals surface area contributed by atoms with E-state index < -0.39 is 0 Å². The number of allylic oxidation sites excluding steroid dienone is 1. The van der Waals surface area contributed by atoms with E-state index in [0.29, 0.717) is 6.42 Å². The summed E-state index contributed by atoms with van der Waals surface area (Å²) in [5.41, 5.74) is 2.45. The Balaban J connectivity index is 2.48. The van der Waals surface area contributed by atoms with Gasteiger partial charge in [0.25, 0.3) is 0 Å². The SMILES string of the molecule is COC(=O)CC=C(C)Cc1ccccc1. The van der Waals surface area contributed by atoms with Gasteiger partial charge in [0.15, 0.2) is 0 Å². The van der Waals surface area contributed by atoms with E-state index in [4.69, 9.17) is 0 Å². The van der Waals surface area contributed by atoms with E-state index in [1.54, 1.807) is 0 Å². The topological polar surface area (TPSA) is 26.3 Å². The van der Waals surface area contributed by atoms with Gasteiger partial charge in [0.2, 0.25) is 0 Å². The van der Waals surface area contributed by atoms with E-state index >= 15 is 0 Å². The highest BCUT2D eigenvalue weighted by Crippen LogP contribution is 2.07. The molecule has 2 heteroatoms. The molecule has 0 radical (unpaired) electrons. The van der Waals surface area contributed by atoms with Crippen molar-refractivity contribution in [3.63, 3.8) is 0 Å². The molecule has 0 bridgehead atoms. The molecule has 2 nitrogen and oxygen atoms in total. The predicted molar refractivity (Wildman–Crippen MR) is 60.5 cm³/mol. The summed E-state index contributed by atoms with van der Waals surface area (Å²) in [4.78, 5) is 10.9. The highest BCUT2D eigenvalue weighted by atomic mass is 16.5. The lowest BCUT2D eigenvalue weighted by Gasteiger charge is -2.01. The lowest BCUT2D eigenvalue weighted by atomic mass is 10.1. The minimum absolute atomic E-state index is 0.192. The highest BCUT2D eigenvalue weighted by Gasteiger charge is 1.98. The van der Waals surface area contributed by atoms with Crippen molar-refractivity contribution in [2.24, 2.45) is 0 Å². The Labute approximate surface area is 90.6 Å². The number of rotatable bonds is 4. The lowest BCUT2D eigenvalue weighted by Crippen LogP contribution is -1.98. The molecule has 0 N–H and O–H groups in total. The fourth-order valence-corrected chi connectivity index (χ4v) is 1.33. The molecule has 0 heterocycles. The Kier molecular flexibility index (Phi) is 4.61. The number of carbonyl (C=O) groups is 1. The molecule has 0 spiro atoms. The minimum Gasteiger partial charge on any atom is -0.469 e. The number of carbonyl (C=O) groups excluding carboxylic acids is 1. The molecular weight excluding hydrogens is 188 g/mol. The van der Waals surface area contributed by atoms with Crippen LogP contribution in [0.15, 0.2) is 42.0 Å². The maximum absolute atomic E-state index is 10.9. The van der Waals surface area contributed by atoms with E-state index in [1.165, 1.54) is 18.2 Å². The summed E-state index contributed by atoms with van der Waals surface area (Å²) in [6.07, 6.45) is 3.16. The fourth-order valence-electron chi connectivity index (χ4n) is 1.33. The van der Waals surface area contributed by atoms with Crippen LogP contribution in [0.25, 0.3) is 0 Å². The van der Waals surface area contributed by atoms with Gasteiger partial charge in [0.05, 0.1) is 13.5 Å². The van der Waals surface area contributed by atoms with Gasteiger partial charge in [0.1, 0.15) is 0 Å². The van der Waals surface area contributed by atoms with Crippen LogP contribution < -0.4 is 0 Å². The van der Waals surface area contributed by atoms with Gasteiger partial charge < -0.3 is 4.74 Å². The normalized spacial score (nSPS) is 11.2. The van der Waals surface area contributed by atoms with Crippen LogP contribution in [0.5, 0.6) is 0 Å². The molecule has 0 atom stereocenters. The second-order valence-corrected chi connectivity index (χ2v) is 3.49. The number of methoxy groups -OCH3 is 1. The molecule has 80 valence electrons. The number of hydrogen-bond acceptors (Lipinski definition) is 2. The van der Waals surface area contributed by atoms with E-state index in [2.05, 4.69) is 16.9 Å². The fraction of sp³-hybridized carbons (Fsp3) is 0.308. The molecule has 0 saturated carbocycles. The zero-order valence-corrected chi connectivity index (χ0v) is 9.19. The van der Waals surface area contributed by atoms with Gasteiger partial charge in [-0.15, -0.1) is 0 Å². The van der Waals surface area contributed by atoms with Crippen molar-refractivity contribution >= 4 is 5.97 Å². The Morgan fingerprint density at radius 2 is 2.00 bits per heavy atom. The van der Waals surface area contributed by atoms with Gasteiger partial charge in [-0.1, -0.05) is 42.0 Å². The maximum Gasteiger partial charge on any atom is 0.309 e. The largest absolute Gasteiger partial charge is 0.469 e. The third-order valence-corrected chi connectivity index (χ3v) is 2.17. The summed E-state index contributed by atoms with van der Waals surface area (Å²) in [5, 5.41) is 0. The van der Waals surface area contributed by atoms with Crippen LogP contribution in [0.1, 0.15) is 18.9 Å². The number of ether oxygens (including phenoxy) is 1. The average Bonchev–Trinajstić information content (AvgIpc) is 2.27. The summed E-state index contributed by atoms with van der Waals surface area (Å²) in [7, 11) is 1.41. The molecule has 0 saturated heterocycles. The molecule has 0 aromatic heterocycles. The lowest BCUT2D eigenvalue weighted by molar-refractivity contribution is -0.139. The van der Waals surface area contributed by atoms with Crippen molar-refractivity contribution in [1.82, 2.24) is 0 Å². The predicted octanol–water partition coefficient (Wildman–Crippen LogP) is 2.74. The molecule has 1 rings (SSSR count). The summed E-state index contributed by atoms with van der Waals surface area (Å²) in [5.74, 6) is -0.192. The van der Waals surface area contributed by atoms with Gasteiger partial charge in [-0.3, -0.25) is 4.79 Å². The number of hydrogen-bond donors (Lipinski definition) is 0. The molecule has 0 fully saturated rings. The first kappa shape index (κ1) is 11.5. The summed E-state index contributed by atoms with van der Waals surface area (Å²) in [6, 6.07) is 10.2. The number of esters is 1. The monoisotopic (exact) mass is 204 g/mol. The molecule has 1 aromatic carbocycles. The van der Waals surface area contributed by atoms with Gasteiger partial charge >= 0.3 is 5.97 Å². The van der Waals surface area contributed by atoms with E-state index in [9.17, 15) is 4.79 Å². The first-order valence-corrected chi connectivity index (χ1v) is 4.98. The van der Waals surface area contributed by atoms with E-state index in [-0.39, 0.29) is 5.97 Å². The second kappa shape index (κ2) is 6.02. The van der Waals surface area contributed by atoms with E-state index in [1.807, 2.05) is 31.2 Å². The quantitative estimate of drug-likeness (QED) is 0.557. The zero-order valence-electron chi connectivity index (χ0n) is 9.19. The van der Waals surface area contributed by atoms with Gasteiger partial charge in [0, 0.05) is 0 Å². The standard InChI is InChI=1S/C13H16O2/c1-11(8-9-13(14)15-2)10-12-6-4-3-5-7-12/h3-8H,9-10H2,1-2H3. The van der Waals surface area contributed by atoms with Crippen molar-refractivity contribution in [2.75, 3.05) is 7.11 Å². The minimum atomic E-state index is -0.192. The summed E-state index contributed by atoms with van der Waals surface area (Å²) < 4.78 is 4.57. The Bertz CT molecular complexity index is 339. The van der Waals surface area contributed by atoms with Crippen LogP contribution in [-0.2, 0) is 16.0 Å². The third kappa shape index (κ3) is 4.45. The maximum atomic E-state index is 10.9. The van der Waals surface area contributed by atoms with Crippen LogP contribution in [0.3, 0.4) is 0 Å². The van der Waals surface area contributed by atoms with Crippen LogP contribution >= 0.6 is 0 Å². The van der Waals surface area contributed by atoms with Crippen molar-refractivity contribution in [3.05, 3.63) is 47.5 Å². The zero-order chi connectivity index (χ0) is 11.1. The first-order chi connectivity index (χ1) is 7.22. The Hall–Kier alpha value is -1.57. The van der Waals surface area contributed by atoms with Crippen LogP contribution in [0, 0.1) is 0 Å². The van der Waals surface area contributed by atoms with Crippen molar-refractivity contribution in [1.29, 1.82) is 0 Å². The third-order valence-electron chi connectivity index (χ3n) is 2.17. The molecule has 0 amide bonds. The molecule has 1 aromatic rings. The van der Waals surface area contributed by atoms with Gasteiger partial charge in [-0.25, -0.2) is 0 Å². The first-order valence-electron chi connectivity index (χ1n) is 4.98. The highest BCUT2D eigenvalue weighted by molar-refractivity contribution is 5.71. The molecule has 0 unspecified atom stereocenters. The van der Waals surface area contributed by atoms with E-state index in [0.717, 1.165) is 6.42 Å². The Morgan fingerprint density at radius 3 is 2.60 bits per heavy atom.